The zero-order valence-electron chi connectivity index (χ0n) is 14.9. The highest BCUT2D eigenvalue weighted by molar-refractivity contribution is 9.11. The Hall–Kier alpha value is -2.19. The van der Waals surface area contributed by atoms with Crippen molar-refractivity contribution < 1.29 is 14.3 Å². The summed E-state index contributed by atoms with van der Waals surface area (Å²) in [5.74, 6) is -0.0544. The molecule has 0 saturated carbocycles. The highest BCUT2D eigenvalue weighted by Gasteiger charge is 2.09. The van der Waals surface area contributed by atoms with Crippen LogP contribution in [0.3, 0.4) is 0 Å². The lowest BCUT2D eigenvalue weighted by Crippen LogP contribution is -2.26. The smallest absolute Gasteiger partial charge is 0.277 e. The van der Waals surface area contributed by atoms with Crippen molar-refractivity contribution in [1.29, 1.82) is 0 Å². The first-order valence-corrected chi connectivity index (χ1v) is 9.69. The second-order valence-electron chi connectivity index (χ2n) is 5.79. The minimum atomic E-state index is -0.412. The maximum Gasteiger partial charge on any atom is 0.277 e. The first-order chi connectivity index (χ1) is 12.8. The molecule has 0 unspecified atom stereocenters. The van der Waals surface area contributed by atoms with E-state index in [0.717, 1.165) is 14.5 Å². The molecule has 0 heterocycles. The van der Waals surface area contributed by atoms with Gasteiger partial charge in [-0.05, 0) is 59.6 Å². The van der Waals surface area contributed by atoms with E-state index >= 15 is 0 Å². The van der Waals surface area contributed by atoms with E-state index in [4.69, 9.17) is 4.74 Å². The van der Waals surface area contributed by atoms with Crippen LogP contribution in [0.1, 0.15) is 18.9 Å². The third-order valence-electron chi connectivity index (χ3n) is 3.42. The van der Waals surface area contributed by atoms with Gasteiger partial charge in [0.05, 0.1) is 10.9 Å². The van der Waals surface area contributed by atoms with Gasteiger partial charge in [0, 0.05) is 15.9 Å². The van der Waals surface area contributed by atoms with E-state index in [9.17, 15) is 9.59 Å². The fraction of sp³-hybridized carbons (Fsp3) is 0.211. The molecule has 2 aromatic carbocycles. The van der Waals surface area contributed by atoms with Crippen LogP contribution in [-0.2, 0) is 9.59 Å². The van der Waals surface area contributed by atoms with Crippen molar-refractivity contribution >= 4 is 55.1 Å². The summed E-state index contributed by atoms with van der Waals surface area (Å²) in [7, 11) is 0. The Bertz CT molecular complexity index is 855. The maximum absolute atomic E-state index is 11.9. The Labute approximate surface area is 174 Å². The van der Waals surface area contributed by atoms with Crippen LogP contribution in [0.4, 0.5) is 5.69 Å². The molecular weight excluding hydrogens is 478 g/mol. The van der Waals surface area contributed by atoms with Gasteiger partial charge in [-0.1, -0.05) is 34.1 Å². The van der Waals surface area contributed by atoms with Gasteiger partial charge in [-0.2, -0.15) is 5.10 Å². The monoisotopic (exact) mass is 495 g/mol. The molecule has 2 N–H and O–H groups in total. The normalized spacial score (nSPS) is 11.0. The number of hydrazone groups is 1. The molecule has 0 saturated heterocycles. The number of carbonyl (C=O) groups excluding carboxylic acids is 2. The maximum atomic E-state index is 11.9. The van der Waals surface area contributed by atoms with Crippen LogP contribution in [0.15, 0.2) is 56.5 Å². The molecule has 0 aromatic heterocycles. The van der Waals surface area contributed by atoms with E-state index in [0.29, 0.717) is 17.1 Å². The SMILES string of the molecule is C/C(CC(=O)Nc1ccccc1)=N\NC(=O)COc1cc(C)c(Br)cc1Br. The lowest BCUT2D eigenvalue weighted by molar-refractivity contribution is -0.123. The topological polar surface area (TPSA) is 79.8 Å². The van der Waals surface area contributed by atoms with Crippen molar-refractivity contribution in [3.8, 4) is 5.75 Å². The Morgan fingerprint density at radius 2 is 1.78 bits per heavy atom. The first kappa shape index (κ1) is 21.1. The number of anilines is 1. The quantitative estimate of drug-likeness (QED) is 0.439. The number of hydrogen-bond acceptors (Lipinski definition) is 4. The van der Waals surface area contributed by atoms with Crippen LogP contribution in [0.5, 0.6) is 5.75 Å². The van der Waals surface area contributed by atoms with Crippen molar-refractivity contribution in [2.24, 2.45) is 5.10 Å². The predicted octanol–water partition coefficient (Wildman–Crippen LogP) is 4.42. The number of amides is 2. The number of benzene rings is 2. The van der Waals surface area contributed by atoms with Crippen LogP contribution in [0.25, 0.3) is 0 Å². The summed E-state index contributed by atoms with van der Waals surface area (Å²) < 4.78 is 7.18. The molecule has 27 heavy (non-hydrogen) atoms. The molecule has 0 aliphatic rings. The molecule has 6 nitrogen and oxygen atoms in total. The predicted molar refractivity (Wildman–Crippen MR) is 113 cm³/mol. The summed E-state index contributed by atoms with van der Waals surface area (Å²) in [5, 5.41) is 6.69. The molecule has 0 spiro atoms. The first-order valence-electron chi connectivity index (χ1n) is 8.10. The highest BCUT2D eigenvalue weighted by Crippen LogP contribution is 2.31. The van der Waals surface area contributed by atoms with Crippen LogP contribution in [0.2, 0.25) is 0 Å². The number of carbonyl (C=O) groups is 2. The Morgan fingerprint density at radius 1 is 1.07 bits per heavy atom. The number of halogens is 2. The number of ether oxygens (including phenoxy) is 1. The molecule has 8 heteroatoms. The van der Waals surface area contributed by atoms with E-state index < -0.39 is 5.91 Å². The van der Waals surface area contributed by atoms with Crippen molar-refractivity contribution in [1.82, 2.24) is 5.43 Å². The number of aryl methyl sites for hydroxylation is 1. The second-order valence-corrected chi connectivity index (χ2v) is 7.50. The molecule has 0 radical (unpaired) electrons. The Balaban J connectivity index is 1.80. The van der Waals surface area contributed by atoms with E-state index in [1.165, 1.54) is 0 Å². The third kappa shape index (κ3) is 7.15. The summed E-state index contributed by atoms with van der Waals surface area (Å²) in [6, 6.07) is 12.8. The molecule has 0 fully saturated rings. The van der Waals surface area contributed by atoms with Gasteiger partial charge in [-0.25, -0.2) is 5.43 Å². The van der Waals surface area contributed by atoms with Gasteiger partial charge in [0.25, 0.3) is 5.91 Å². The molecule has 0 atom stereocenters. The van der Waals surface area contributed by atoms with E-state index in [1.54, 1.807) is 19.1 Å². The average Bonchev–Trinajstić information content (AvgIpc) is 2.62. The standard InChI is InChI=1S/C19H19Br2N3O3/c1-12-8-17(16(21)10-15(12)20)27-11-19(26)24-23-13(2)9-18(25)22-14-6-4-3-5-7-14/h3-8,10H,9,11H2,1-2H3,(H,22,25)(H,24,26)/b23-13+. The summed E-state index contributed by atoms with van der Waals surface area (Å²) in [6.45, 7) is 3.41. The molecule has 0 aliphatic carbocycles. The fourth-order valence-corrected chi connectivity index (χ4v) is 3.18. The lowest BCUT2D eigenvalue weighted by atomic mass is 10.2. The highest BCUT2D eigenvalue weighted by atomic mass is 79.9. The molecule has 2 amide bonds. The van der Waals surface area contributed by atoms with Crippen LogP contribution in [0, 0.1) is 6.92 Å². The summed E-state index contributed by atoms with van der Waals surface area (Å²) >= 11 is 6.82. The molecule has 142 valence electrons. The number of para-hydroxylation sites is 1. The van der Waals surface area contributed by atoms with Crippen LogP contribution in [-0.4, -0.2) is 24.1 Å². The summed E-state index contributed by atoms with van der Waals surface area (Å²) in [5.41, 5.74) is 4.57. The average molecular weight is 497 g/mol. The number of nitrogens with one attached hydrogen (secondary N) is 2. The molecular formula is C19H19Br2N3O3. The minimum absolute atomic E-state index is 0.0769. The molecule has 0 aliphatic heterocycles. The Morgan fingerprint density at radius 3 is 2.48 bits per heavy atom. The van der Waals surface area contributed by atoms with Crippen molar-refractivity contribution in [2.45, 2.75) is 20.3 Å². The van der Waals surface area contributed by atoms with Crippen molar-refractivity contribution in [3.05, 3.63) is 57.0 Å². The van der Waals surface area contributed by atoms with Gasteiger partial charge in [0.1, 0.15) is 5.75 Å². The van der Waals surface area contributed by atoms with E-state index in [-0.39, 0.29) is 18.9 Å². The molecule has 0 bridgehead atoms. The van der Waals surface area contributed by atoms with Gasteiger partial charge in [0.2, 0.25) is 5.91 Å². The summed E-state index contributed by atoms with van der Waals surface area (Å²) in [4.78, 5) is 23.8. The van der Waals surface area contributed by atoms with Crippen LogP contribution < -0.4 is 15.5 Å². The summed E-state index contributed by atoms with van der Waals surface area (Å²) in [6.07, 6.45) is 0.0769. The Kier molecular flexibility index (Phi) is 7.99. The number of nitrogens with zero attached hydrogens (tertiary/aromatic N) is 1. The van der Waals surface area contributed by atoms with Crippen molar-refractivity contribution in [3.63, 3.8) is 0 Å². The van der Waals surface area contributed by atoms with Crippen molar-refractivity contribution in [2.75, 3.05) is 11.9 Å². The zero-order valence-corrected chi connectivity index (χ0v) is 18.1. The number of hydrogen-bond donors (Lipinski definition) is 2. The van der Waals surface area contributed by atoms with Gasteiger partial charge in [-0.3, -0.25) is 9.59 Å². The van der Waals surface area contributed by atoms with Gasteiger partial charge in [0.15, 0.2) is 6.61 Å². The largest absolute Gasteiger partial charge is 0.483 e. The lowest BCUT2D eigenvalue weighted by Gasteiger charge is -2.09. The van der Waals surface area contributed by atoms with Gasteiger partial charge < -0.3 is 10.1 Å². The zero-order chi connectivity index (χ0) is 19.8. The van der Waals surface area contributed by atoms with Gasteiger partial charge >= 0.3 is 0 Å². The fourth-order valence-electron chi connectivity index (χ4n) is 2.07. The number of rotatable bonds is 7. The van der Waals surface area contributed by atoms with Crippen LogP contribution >= 0.6 is 31.9 Å². The second kappa shape index (κ2) is 10.2. The van der Waals surface area contributed by atoms with Gasteiger partial charge in [-0.15, -0.1) is 0 Å². The minimum Gasteiger partial charge on any atom is -0.483 e. The third-order valence-corrected chi connectivity index (χ3v) is 4.89. The van der Waals surface area contributed by atoms with E-state index in [1.807, 2.05) is 37.3 Å². The van der Waals surface area contributed by atoms with E-state index in [2.05, 4.69) is 47.7 Å². The molecule has 2 rings (SSSR count). The molecule has 2 aromatic rings.